The van der Waals surface area contributed by atoms with Gasteiger partial charge in [0.1, 0.15) is 11.5 Å². The van der Waals surface area contributed by atoms with E-state index in [-0.39, 0.29) is 5.78 Å². The Kier molecular flexibility index (Phi) is 3.72. The van der Waals surface area contributed by atoms with Crippen LogP contribution in [0.1, 0.15) is 48.9 Å². The van der Waals surface area contributed by atoms with Gasteiger partial charge in [-0.05, 0) is 30.9 Å². The molecule has 1 aliphatic carbocycles. The molecule has 0 spiro atoms. The lowest BCUT2D eigenvalue weighted by Crippen LogP contribution is -2.17. The summed E-state index contributed by atoms with van der Waals surface area (Å²) in [5.41, 5.74) is 0.691. The molecule has 0 atom stereocenters. The zero-order valence-corrected chi connectivity index (χ0v) is 11.2. The minimum absolute atomic E-state index is 0.167. The molecule has 1 heterocycles. The van der Waals surface area contributed by atoms with Crippen molar-refractivity contribution in [1.29, 1.82) is 0 Å². The van der Waals surface area contributed by atoms with Gasteiger partial charge in [-0.3, -0.25) is 4.79 Å². The van der Waals surface area contributed by atoms with Gasteiger partial charge in [-0.2, -0.15) is 0 Å². The molecule has 1 aliphatic heterocycles. The monoisotopic (exact) mass is 260 g/mol. The number of hydrogen-bond acceptors (Lipinski definition) is 3. The van der Waals surface area contributed by atoms with Gasteiger partial charge >= 0.3 is 0 Å². The minimum Gasteiger partial charge on any atom is -0.493 e. The number of carbonyl (C=O) groups excluding carboxylic acids is 1. The molecule has 102 valence electrons. The van der Waals surface area contributed by atoms with E-state index in [2.05, 4.69) is 0 Å². The van der Waals surface area contributed by atoms with Crippen molar-refractivity contribution in [3.05, 3.63) is 23.8 Å². The fourth-order valence-electron chi connectivity index (χ4n) is 2.90. The van der Waals surface area contributed by atoms with Crippen molar-refractivity contribution in [2.24, 2.45) is 5.92 Å². The van der Waals surface area contributed by atoms with Gasteiger partial charge in [0.05, 0.1) is 18.8 Å². The summed E-state index contributed by atoms with van der Waals surface area (Å²) in [6.45, 7) is 1.27. The quantitative estimate of drug-likeness (QED) is 0.832. The number of Topliss-reactive ketones (excluding diaryl/α,β-unsaturated/α-hetero) is 1. The topological polar surface area (TPSA) is 35.5 Å². The van der Waals surface area contributed by atoms with Crippen molar-refractivity contribution in [3.63, 3.8) is 0 Å². The highest BCUT2D eigenvalue weighted by molar-refractivity contribution is 5.99. The van der Waals surface area contributed by atoms with Crippen LogP contribution >= 0.6 is 0 Å². The first-order valence-corrected chi connectivity index (χ1v) is 7.26. The van der Waals surface area contributed by atoms with E-state index in [1.165, 1.54) is 32.1 Å². The number of ether oxygens (including phenoxy) is 2. The SMILES string of the molecule is O=C1CCOc2cc(OCC3CCCCC3)ccc21. The third-order valence-corrected chi connectivity index (χ3v) is 4.05. The predicted octanol–water partition coefficient (Wildman–Crippen LogP) is 3.61. The zero-order chi connectivity index (χ0) is 13.1. The molecule has 1 aromatic carbocycles. The van der Waals surface area contributed by atoms with E-state index in [0.717, 1.165) is 12.4 Å². The second kappa shape index (κ2) is 5.64. The molecule has 3 rings (SSSR count). The molecule has 1 fully saturated rings. The van der Waals surface area contributed by atoms with Gasteiger partial charge in [0.25, 0.3) is 0 Å². The molecule has 0 N–H and O–H groups in total. The Morgan fingerprint density at radius 2 is 2.05 bits per heavy atom. The first-order chi connectivity index (χ1) is 9.33. The van der Waals surface area contributed by atoms with Crippen molar-refractivity contribution in [2.75, 3.05) is 13.2 Å². The number of benzene rings is 1. The minimum atomic E-state index is 0.167. The molecule has 3 nitrogen and oxygen atoms in total. The molecule has 0 aromatic heterocycles. The van der Waals surface area contributed by atoms with Crippen LogP contribution in [0.3, 0.4) is 0 Å². The molecule has 1 aromatic rings. The molecule has 0 amide bonds. The summed E-state index contributed by atoms with van der Waals surface area (Å²) in [5.74, 6) is 2.35. The number of carbonyl (C=O) groups is 1. The van der Waals surface area contributed by atoms with Gasteiger partial charge in [-0.25, -0.2) is 0 Å². The van der Waals surface area contributed by atoms with Crippen LogP contribution in [0.15, 0.2) is 18.2 Å². The smallest absolute Gasteiger partial charge is 0.169 e. The van der Waals surface area contributed by atoms with Crippen molar-refractivity contribution < 1.29 is 14.3 Å². The highest BCUT2D eigenvalue weighted by atomic mass is 16.5. The van der Waals surface area contributed by atoms with Crippen LogP contribution < -0.4 is 9.47 Å². The van der Waals surface area contributed by atoms with Gasteiger partial charge in [0, 0.05) is 12.5 Å². The summed E-state index contributed by atoms with van der Waals surface area (Å²) >= 11 is 0. The van der Waals surface area contributed by atoms with E-state index in [1.54, 1.807) is 0 Å². The maximum atomic E-state index is 11.7. The second-order valence-corrected chi connectivity index (χ2v) is 5.49. The lowest BCUT2D eigenvalue weighted by Gasteiger charge is -2.22. The van der Waals surface area contributed by atoms with Crippen molar-refractivity contribution >= 4 is 5.78 Å². The maximum Gasteiger partial charge on any atom is 0.169 e. The van der Waals surface area contributed by atoms with Crippen molar-refractivity contribution in [1.82, 2.24) is 0 Å². The number of rotatable bonds is 3. The molecular formula is C16H20O3. The maximum absolute atomic E-state index is 11.7. The Labute approximate surface area is 113 Å². The molecule has 3 heteroatoms. The van der Waals surface area contributed by atoms with E-state index in [0.29, 0.717) is 30.3 Å². The highest BCUT2D eigenvalue weighted by Crippen LogP contribution is 2.30. The lowest BCUT2D eigenvalue weighted by molar-refractivity contribution is 0.0933. The van der Waals surface area contributed by atoms with E-state index >= 15 is 0 Å². The fourth-order valence-corrected chi connectivity index (χ4v) is 2.90. The molecule has 0 saturated heterocycles. The summed E-state index contributed by atoms with van der Waals surface area (Å²) in [7, 11) is 0. The fraction of sp³-hybridized carbons (Fsp3) is 0.562. The van der Waals surface area contributed by atoms with Crippen LogP contribution in [0, 0.1) is 5.92 Å². The van der Waals surface area contributed by atoms with E-state index in [9.17, 15) is 4.79 Å². The summed E-state index contributed by atoms with van der Waals surface area (Å²) in [4.78, 5) is 11.7. The highest BCUT2D eigenvalue weighted by Gasteiger charge is 2.19. The van der Waals surface area contributed by atoms with Gasteiger partial charge < -0.3 is 9.47 Å². The average molecular weight is 260 g/mol. The number of ketones is 1. The Bertz CT molecular complexity index is 461. The Hall–Kier alpha value is -1.51. The summed E-state index contributed by atoms with van der Waals surface area (Å²) in [5, 5.41) is 0. The first kappa shape index (κ1) is 12.5. The number of fused-ring (bicyclic) bond motifs is 1. The third kappa shape index (κ3) is 2.91. The second-order valence-electron chi connectivity index (χ2n) is 5.49. The first-order valence-electron chi connectivity index (χ1n) is 7.26. The summed E-state index contributed by atoms with van der Waals surface area (Å²) < 4.78 is 11.4. The van der Waals surface area contributed by atoms with Crippen LogP contribution in [-0.4, -0.2) is 19.0 Å². The average Bonchev–Trinajstić information content (AvgIpc) is 2.46. The van der Waals surface area contributed by atoms with Crippen LogP contribution in [0.2, 0.25) is 0 Å². The molecule has 0 unspecified atom stereocenters. The van der Waals surface area contributed by atoms with E-state index < -0.39 is 0 Å². The molecule has 19 heavy (non-hydrogen) atoms. The summed E-state index contributed by atoms with van der Waals surface area (Å²) in [6.07, 6.45) is 7.06. The van der Waals surface area contributed by atoms with Gasteiger partial charge in [-0.1, -0.05) is 19.3 Å². The molecule has 2 aliphatic rings. The molecule has 0 bridgehead atoms. The molecule has 1 saturated carbocycles. The van der Waals surface area contributed by atoms with Crippen LogP contribution in [0.25, 0.3) is 0 Å². The standard InChI is InChI=1S/C16H20O3/c17-15-8-9-18-16-10-13(6-7-14(15)16)19-11-12-4-2-1-3-5-12/h6-7,10,12H,1-5,8-9,11H2. The van der Waals surface area contributed by atoms with Crippen molar-refractivity contribution in [3.8, 4) is 11.5 Å². The third-order valence-electron chi connectivity index (χ3n) is 4.05. The van der Waals surface area contributed by atoms with E-state index in [1.807, 2.05) is 18.2 Å². The predicted molar refractivity (Wildman–Crippen MR) is 73.0 cm³/mol. The van der Waals surface area contributed by atoms with Crippen LogP contribution in [0.5, 0.6) is 11.5 Å². The largest absolute Gasteiger partial charge is 0.493 e. The Balaban J connectivity index is 1.63. The van der Waals surface area contributed by atoms with Gasteiger partial charge in [0.15, 0.2) is 5.78 Å². The molecule has 0 radical (unpaired) electrons. The Morgan fingerprint density at radius 3 is 2.89 bits per heavy atom. The lowest BCUT2D eigenvalue weighted by atomic mass is 9.90. The van der Waals surface area contributed by atoms with Gasteiger partial charge in [-0.15, -0.1) is 0 Å². The Morgan fingerprint density at radius 1 is 1.21 bits per heavy atom. The van der Waals surface area contributed by atoms with Crippen LogP contribution in [-0.2, 0) is 0 Å². The number of hydrogen-bond donors (Lipinski definition) is 0. The van der Waals surface area contributed by atoms with E-state index in [4.69, 9.17) is 9.47 Å². The zero-order valence-electron chi connectivity index (χ0n) is 11.2. The molecular weight excluding hydrogens is 240 g/mol. The van der Waals surface area contributed by atoms with Crippen molar-refractivity contribution in [2.45, 2.75) is 38.5 Å². The summed E-state index contributed by atoms with van der Waals surface area (Å²) in [6, 6.07) is 5.57. The van der Waals surface area contributed by atoms with Gasteiger partial charge in [0.2, 0.25) is 0 Å². The normalized spacial score (nSPS) is 19.7. The van der Waals surface area contributed by atoms with Crippen LogP contribution in [0.4, 0.5) is 0 Å².